The Labute approximate surface area is 248 Å². The third-order valence-electron chi connectivity index (χ3n) is 5.92. The zero-order valence-corrected chi connectivity index (χ0v) is 25.8. The molecule has 2 N–H and O–H groups in total. The number of benzene rings is 1. The minimum absolute atomic E-state index is 0.00122. The van der Waals surface area contributed by atoms with E-state index < -0.39 is 36.6 Å². The number of carbonyl (C=O) groups excluding carboxylic acids is 4. The average molecular weight is 598 g/mol. The highest BCUT2D eigenvalue weighted by atomic mass is 16.7. The van der Waals surface area contributed by atoms with Crippen molar-refractivity contribution in [1.82, 2.24) is 0 Å². The minimum atomic E-state index is -1.09. The van der Waals surface area contributed by atoms with Gasteiger partial charge in [0.15, 0.2) is 11.5 Å². The summed E-state index contributed by atoms with van der Waals surface area (Å²) in [5.74, 6) is -0.0593. The molecule has 0 saturated carbocycles. The molecule has 1 aromatic rings. The van der Waals surface area contributed by atoms with Gasteiger partial charge in [-0.1, -0.05) is 54.0 Å². The molecule has 1 unspecified atom stereocenters. The topological polar surface area (TPSA) is 159 Å². The molecule has 12 nitrogen and oxygen atoms in total. The fourth-order valence-electron chi connectivity index (χ4n) is 3.05. The van der Waals surface area contributed by atoms with Crippen LogP contribution in [0.4, 0.5) is 14.4 Å². The van der Waals surface area contributed by atoms with Crippen LogP contribution in [0.2, 0.25) is 0 Å². The lowest BCUT2D eigenvalue weighted by molar-refractivity contribution is -0.152. The van der Waals surface area contributed by atoms with Crippen LogP contribution >= 0.6 is 0 Å². The quantitative estimate of drug-likeness (QED) is 0.131. The third-order valence-corrected chi connectivity index (χ3v) is 5.92. The summed E-state index contributed by atoms with van der Waals surface area (Å²) in [4.78, 5) is 48.7. The van der Waals surface area contributed by atoms with Crippen LogP contribution in [-0.2, 0) is 34.9 Å². The molecular weight excluding hydrogens is 550 g/mol. The fraction of sp³-hybridized carbons (Fsp3) is 0.667. The summed E-state index contributed by atoms with van der Waals surface area (Å²) in [6, 6.07) is 3.27. The van der Waals surface area contributed by atoms with E-state index in [1.54, 1.807) is 13.0 Å². The average Bonchev–Trinajstić information content (AvgIpc) is 2.91. The van der Waals surface area contributed by atoms with E-state index in [9.17, 15) is 19.2 Å². The molecule has 3 atom stereocenters. The van der Waals surface area contributed by atoms with Crippen molar-refractivity contribution >= 4 is 24.4 Å². The van der Waals surface area contributed by atoms with E-state index in [0.29, 0.717) is 30.2 Å². The Hall–Kier alpha value is -3.54. The molecule has 0 aliphatic carbocycles. The SMILES string of the molecule is CCC(C)COC(=O)OC[C@H](C)OC(=O)[C@@H](N)Cc1ccc(OC(=O)OCCC(C)C)c(OC(=O)OCCC(C)C)c1. The molecular formula is C30H47NO11. The zero-order chi connectivity index (χ0) is 31.7. The summed E-state index contributed by atoms with van der Waals surface area (Å²) in [5.41, 5.74) is 6.54. The lowest BCUT2D eigenvalue weighted by atomic mass is 10.1. The summed E-state index contributed by atoms with van der Waals surface area (Å²) < 4.78 is 36.0. The van der Waals surface area contributed by atoms with Crippen LogP contribution in [0.15, 0.2) is 18.2 Å². The van der Waals surface area contributed by atoms with Crippen LogP contribution in [-0.4, -0.2) is 63.0 Å². The molecule has 0 saturated heterocycles. The number of rotatable bonds is 17. The molecule has 0 spiro atoms. The van der Waals surface area contributed by atoms with Crippen LogP contribution in [0.5, 0.6) is 11.5 Å². The molecule has 1 rings (SSSR count). The molecule has 0 aromatic heterocycles. The third kappa shape index (κ3) is 16.0. The van der Waals surface area contributed by atoms with E-state index >= 15 is 0 Å². The highest BCUT2D eigenvalue weighted by Crippen LogP contribution is 2.30. The molecule has 1 aromatic carbocycles. The van der Waals surface area contributed by atoms with Crippen molar-refractivity contribution in [1.29, 1.82) is 0 Å². The van der Waals surface area contributed by atoms with Crippen molar-refractivity contribution < 1.29 is 52.3 Å². The van der Waals surface area contributed by atoms with E-state index in [2.05, 4.69) is 0 Å². The van der Waals surface area contributed by atoms with E-state index in [0.717, 1.165) is 6.42 Å². The van der Waals surface area contributed by atoms with Gasteiger partial charge in [0.2, 0.25) is 0 Å². The Morgan fingerprint density at radius 3 is 1.83 bits per heavy atom. The van der Waals surface area contributed by atoms with Gasteiger partial charge in [0, 0.05) is 0 Å². The monoisotopic (exact) mass is 597 g/mol. The Kier molecular flexibility index (Phi) is 17.0. The van der Waals surface area contributed by atoms with Gasteiger partial charge in [0.05, 0.1) is 19.8 Å². The summed E-state index contributed by atoms with van der Waals surface area (Å²) in [5, 5.41) is 0. The fourth-order valence-corrected chi connectivity index (χ4v) is 3.05. The van der Waals surface area contributed by atoms with Crippen LogP contribution < -0.4 is 15.2 Å². The van der Waals surface area contributed by atoms with E-state index in [-0.39, 0.29) is 50.3 Å². The van der Waals surface area contributed by atoms with Crippen molar-refractivity contribution in [3.8, 4) is 11.5 Å². The lowest BCUT2D eigenvalue weighted by Crippen LogP contribution is -2.37. The molecule has 238 valence electrons. The number of nitrogens with two attached hydrogens (primary N) is 1. The second kappa shape index (κ2) is 19.6. The molecule has 0 amide bonds. The van der Waals surface area contributed by atoms with Crippen LogP contribution in [0, 0.1) is 17.8 Å². The van der Waals surface area contributed by atoms with Gasteiger partial charge in [0.1, 0.15) is 18.8 Å². The number of hydrogen-bond acceptors (Lipinski definition) is 12. The Balaban J connectivity index is 2.81. The smallest absolute Gasteiger partial charge is 0.458 e. The summed E-state index contributed by atoms with van der Waals surface area (Å²) >= 11 is 0. The maximum absolute atomic E-state index is 12.5. The number of esters is 1. The van der Waals surface area contributed by atoms with Gasteiger partial charge in [-0.3, -0.25) is 4.79 Å². The second-order valence-corrected chi connectivity index (χ2v) is 11.0. The summed E-state index contributed by atoms with van der Waals surface area (Å²) in [7, 11) is 0. The highest BCUT2D eigenvalue weighted by Gasteiger charge is 2.22. The predicted molar refractivity (Wildman–Crippen MR) is 153 cm³/mol. The van der Waals surface area contributed by atoms with Gasteiger partial charge in [0.25, 0.3) is 0 Å². The number of carbonyl (C=O) groups is 4. The molecule has 12 heteroatoms. The Bertz CT molecular complexity index is 995. The van der Waals surface area contributed by atoms with E-state index in [1.165, 1.54) is 12.1 Å². The van der Waals surface area contributed by atoms with Crippen LogP contribution in [0.1, 0.15) is 73.3 Å². The van der Waals surface area contributed by atoms with Crippen molar-refractivity contribution in [3.63, 3.8) is 0 Å². The molecule has 0 aliphatic heterocycles. The van der Waals surface area contributed by atoms with Crippen LogP contribution in [0.3, 0.4) is 0 Å². The van der Waals surface area contributed by atoms with Gasteiger partial charge < -0.3 is 38.9 Å². The molecule has 0 aliphatic rings. The maximum Gasteiger partial charge on any atom is 0.513 e. The van der Waals surface area contributed by atoms with Gasteiger partial charge >= 0.3 is 24.4 Å². The van der Waals surface area contributed by atoms with Gasteiger partial charge in [-0.2, -0.15) is 0 Å². The largest absolute Gasteiger partial charge is 0.513 e. The zero-order valence-electron chi connectivity index (χ0n) is 25.8. The van der Waals surface area contributed by atoms with Crippen molar-refractivity contribution in [3.05, 3.63) is 23.8 Å². The summed E-state index contributed by atoms with van der Waals surface area (Å²) in [6.45, 7) is 13.8. The first-order valence-corrected chi connectivity index (χ1v) is 14.4. The highest BCUT2D eigenvalue weighted by molar-refractivity contribution is 5.76. The second-order valence-electron chi connectivity index (χ2n) is 11.0. The van der Waals surface area contributed by atoms with Gasteiger partial charge in [-0.05, 0) is 61.6 Å². The van der Waals surface area contributed by atoms with Crippen molar-refractivity contribution in [2.75, 3.05) is 26.4 Å². The van der Waals surface area contributed by atoms with Gasteiger partial charge in [-0.15, -0.1) is 0 Å². The van der Waals surface area contributed by atoms with Gasteiger partial charge in [-0.25, -0.2) is 14.4 Å². The maximum atomic E-state index is 12.5. The Morgan fingerprint density at radius 1 is 0.738 bits per heavy atom. The van der Waals surface area contributed by atoms with Crippen LogP contribution in [0.25, 0.3) is 0 Å². The van der Waals surface area contributed by atoms with Crippen molar-refractivity contribution in [2.24, 2.45) is 23.5 Å². The normalized spacial score (nSPS) is 13.1. The van der Waals surface area contributed by atoms with E-state index in [4.69, 9.17) is 38.9 Å². The first-order chi connectivity index (χ1) is 19.8. The van der Waals surface area contributed by atoms with Crippen molar-refractivity contribution in [2.45, 2.75) is 86.3 Å². The molecule has 42 heavy (non-hydrogen) atoms. The molecule has 0 bridgehead atoms. The molecule has 0 heterocycles. The predicted octanol–water partition coefficient (Wildman–Crippen LogP) is 5.81. The number of hydrogen-bond donors (Lipinski definition) is 1. The van der Waals surface area contributed by atoms with E-state index in [1.807, 2.05) is 41.5 Å². The minimum Gasteiger partial charge on any atom is -0.458 e. The summed E-state index contributed by atoms with van der Waals surface area (Å²) in [6.07, 6.45) is -1.40. The first kappa shape index (κ1) is 36.5. The standard InChI is InChI=1S/C30H47NO11/c1-8-21(6)17-38-28(33)39-18-22(7)40-27(32)24(31)15-23-9-10-25(41-29(34)36-13-11-19(2)3)26(16-23)42-30(35)37-14-12-20(4)5/h9-10,16,19-22,24H,8,11-15,17-18,31H2,1-7H3/t21?,22-,24-/m0/s1. The molecule has 0 radical (unpaired) electrons. The molecule has 0 fully saturated rings. The first-order valence-electron chi connectivity index (χ1n) is 14.4. The number of ether oxygens (including phenoxy) is 7. The Morgan fingerprint density at radius 2 is 1.29 bits per heavy atom. The lowest BCUT2D eigenvalue weighted by Gasteiger charge is -2.18.